The van der Waals surface area contributed by atoms with Crippen LogP contribution in [0, 0.1) is 13.8 Å². The van der Waals surface area contributed by atoms with Crippen LogP contribution in [0.3, 0.4) is 0 Å². The third-order valence-corrected chi connectivity index (χ3v) is 4.32. The summed E-state index contributed by atoms with van der Waals surface area (Å²) in [5, 5.41) is 7.91. The largest absolute Gasteiger partial charge is 0.371 e. The molecule has 0 radical (unpaired) electrons. The zero-order chi connectivity index (χ0) is 14.8. The Hall–Kier alpha value is -1.65. The highest BCUT2D eigenvalue weighted by atomic mass is 16.5. The van der Waals surface area contributed by atoms with Gasteiger partial charge in [0.05, 0.1) is 18.8 Å². The molecular formula is C17H23N3O. The Morgan fingerprint density at radius 2 is 2.14 bits per heavy atom. The predicted molar refractivity (Wildman–Crippen MR) is 83.3 cm³/mol. The topological polar surface area (TPSA) is 39.1 Å². The summed E-state index contributed by atoms with van der Waals surface area (Å²) < 4.78 is 8.09. The van der Waals surface area contributed by atoms with Gasteiger partial charge in [-0.2, -0.15) is 5.10 Å². The van der Waals surface area contributed by atoms with E-state index in [0.29, 0.717) is 0 Å². The molecule has 4 heteroatoms. The summed E-state index contributed by atoms with van der Waals surface area (Å²) in [6, 6.07) is 8.58. The van der Waals surface area contributed by atoms with Gasteiger partial charge in [0.25, 0.3) is 0 Å². The normalized spacial score (nSPS) is 17.8. The number of benzene rings is 1. The minimum atomic E-state index is 0.107. The SMILES string of the molecule is CNCc1c(C)nn(CC2OCCc3ccccc32)c1C. The number of rotatable bonds is 4. The van der Waals surface area contributed by atoms with Crippen molar-refractivity contribution in [3.63, 3.8) is 0 Å². The molecule has 1 aliphatic heterocycles. The predicted octanol–water partition coefficient (Wildman–Crippen LogP) is 2.53. The van der Waals surface area contributed by atoms with Gasteiger partial charge >= 0.3 is 0 Å². The Labute approximate surface area is 126 Å². The van der Waals surface area contributed by atoms with E-state index in [2.05, 4.69) is 48.1 Å². The molecule has 0 saturated heterocycles. The summed E-state index contributed by atoms with van der Waals surface area (Å²) in [5.41, 5.74) is 6.35. The fraction of sp³-hybridized carbons (Fsp3) is 0.471. The molecular weight excluding hydrogens is 262 g/mol. The molecule has 3 rings (SSSR count). The lowest BCUT2D eigenvalue weighted by Gasteiger charge is -2.26. The summed E-state index contributed by atoms with van der Waals surface area (Å²) in [6.45, 7) is 6.66. The molecule has 1 N–H and O–H groups in total. The molecule has 21 heavy (non-hydrogen) atoms. The van der Waals surface area contributed by atoms with Gasteiger partial charge in [-0.15, -0.1) is 0 Å². The fourth-order valence-corrected chi connectivity index (χ4v) is 3.13. The van der Waals surface area contributed by atoms with Crippen LogP contribution in [0.15, 0.2) is 24.3 Å². The molecule has 2 heterocycles. The molecule has 0 bridgehead atoms. The van der Waals surface area contributed by atoms with Gasteiger partial charge in [-0.05, 0) is 38.4 Å². The van der Waals surface area contributed by atoms with Gasteiger partial charge in [0, 0.05) is 17.8 Å². The van der Waals surface area contributed by atoms with Crippen molar-refractivity contribution in [3.8, 4) is 0 Å². The number of hydrogen-bond donors (Lipinski definition) is 1. The first-order valence-electron chi connectivity index (χ1n) is 7.57. The van der Waals surface area contributed by atoms with Crippen molar-refractivity contribution in [3.05, 3.63) is 52.3 Å². The van der Waals surface area contributed by atoms with Crippen LogP contribution in [0.1, 0.15) is 34.2 Å². The first-order chi connectivity index (χ1) is 10.2. The van der Waals surface area contributed by atoms with E-state index >= 15 is 0 Å². The molecule has 1 aromatic heterocycles. The molecule has 0 saturated carbocycles. The highest BCUT2D eigenvalue weighted by Gasteiger charge is 2.22. The molecule has 1 atom stereocenters. The maximum absolute atomic E-state index is 6.00. The molecule has 1 aromatic carbocycles. The fourth-order valence-electron chi connectivity index (χ4n) is 3.13. The molecule has 112 valence electrons. The molecule has 2 aromatic rings. The molecule has 0 aliphatic carbocycles. The number of hydrogen-bond acceptors (Lipinski definition) is 3. The van der Waals surface area contributed by atoms with Crippen molar-refractivity contribution >= 4 is 0 Å². The third-order valence-electron chi connectivity index (χ3n) is 4.32. The minimum absolute atomic E-state index is 0.107. The van der Waals surface area contributed by atoms with Crippen LogP contribution in [0.4, 0.5) is 0 Å². The number of aryl methyl sites for hydroxylation is 1. The molecule has 0 spiro atoms. The van der Waals surface area contributed by atoms with E-state index in [-0.39, 0.29) is 6.10 Å². The zero-order valence-corrected chi connectivity index (χ0v) is 13.0. The molecule has 1 aliphatic rings. The molecule has 0 amide bonds. The first kappa shape index (κ1) is 14.3. The maximum Gasteiger partial charge on any atom is 0.102 e. The van der Waals surface area contributed by atoms with Crippen molar-refractivity contribution in [2.45, 2.75) is 39.5 Å². The highest BCUT2D eigenvalue weighted by molar-refractivity contribution is 5.31. The van der Waals surface area contributed by atoms with Gasteiger partial charge in [-0.1, -0.05) is 24.3 Å². The Morgan fingerprint density at radius 1 is 1.33 bits per heavy atom. The van der Waals surface area contributed by atoms with Gasteiger partial charge in [-0.3, -0.25) is 4.68 Å². The van der Waals surface area contributed by atoms with Crippen molar-refractivity contribution in [2.75, 3.05) is 13.7 Å². The second-order valence-electron chi connectivity index (χ2n) is 5.67. The van der Waals surface area contributed by atoms with E-state index in [9.17, 15) is 0 Å². The summed E-state index contributed by atoms with van der Waals surface area (Å²) in [6.07, 6.45) is 1.12. The van der Waals surface area contributed by atoms with Crippen LogP contribution in [0.5, 0.6) is 0 Å². The Kier molecular flexibility index (Phi) is 4.08. The van der Waals surface area contributed by atoms with E-state index in [1.165, 1.54) is 22.4 Å². The molecule has 0 fully saturated rings. The third kappa shape index (κ3) is 2.74. The van der Waals surface area contributed by atoms with Gasteiger partial charge in [0.15, 0.2) is 0 Å². The lowest BCUT2D eigenvalue weighted by atomic mass is 9.97. The summed E-state index contributed by atoms with van der Waals surface area (Å²) in [7, 11) is 1.97. The number of aromatic nitrogens is 2. The Bertz CT molecular complexity index is 633. The van der Waals surface area contributed by atoms with E-state index < -0.39 is 0 Å². The quantitative estimate of drug-likeness (QED) is 0.938. The molecule has 1 unspecified atom stereocenters. The smallest absolute Gasteiger partial charge is 0.102 e. The average molecular weight is 285 g/mol. The van der Waals surface area contributed by atoms with Crippen molar-refractivity contribution in [1.29, 1.82) is 0 Å². The standard InChI is InChI=1S/C17H23N3O/c1-12-16(10-18-3)13(2)20(19-12)11-17-15-7-5-4-6-14(15)8-9-21-17/h4-7,17-18H,8-11H2,1-3H3. The van der Waals surface area contributed by atoms with E-state index in [4.69, 9.17) is 9.84 Å². The molecule has 4 nitrogen and oxygen atoms in total. The summed E-state index contributed by atoms with van der Waals surface area (Å²) in [4.78, 5) is 0. The number of nitrogens with zero attached hydrogens (tertiary/aromatic N) is 2. The van der Waals surface area contributed by atoms with Crippen LogP contribution >= 0.6 is 0 Å². The van der Waals surface area contributed by atoms with Crippen molar-refractivity contribution in [1.82, 2.24) is 15.1 Å². The van der Waals surface area contributed by atoms with Crippen LogP contribution < -0.4 is 5.32 Å². The summed E-state index contributed by atoms with van der Waals surface area (Å²) >= 11 is 0. The van der Waals surface area contributed by atoms with E-state index in [1.54, 1.807) is 0 Å². The number of fused-ring (bicyclic) bond motifs is 1. The second-order valence-corrected chi connectivity index (χ2v) is 5.67. The van der Waals surface area contributed by atoms with Crippen molar-refractivity contribution in [2.24, 2.45) is 0 Å². The monoisotopic (exact) mass is 285 g/mol. The van der Waals surface area contributed by atoms with Gasteiger partial charge in [0.1, 0.15) is 6.10 Å². The van der Waals surface area contributed by atoms with Gasteiger partial charge in [0.2, 0.25) is 0 Å². The van der Waals surface area contributed by atoms with Crippen molar-refractivity contribution < 1.29 is 4.74 Å². The second kappa shape index (κ2) is 6.00. The zero-order valence-electron chi connectivity index (χ0n) is 13.0. The lowest BCUT2D eigenvalue weighted by Crippen LogP contribution is -2.21. The number of nitrogens with one attached hydrogen (secondary N) is 1. The highest BCUT2D eigenvalue weighted by Crippen LogP contribution is 2.29. The van der Waals surface area contributed by atoms with Gasteiger partial charge < -0.3 is 10.1 Å². The minimum Gasteiger partial charge on any atom is -0.371 e. The average Bonchev–Trinajstić information content (AvgIpc) is 2.76. The Balaban J connectivity index is 1.87. The number of ether oxygens (including phenoxy) is 1. The Morgan fingerprint density at radius 3 is 2.95 bits per heavy atom. The van der Waals surface area contributed by atoms with E-state index in [0.717, 1.165) is 31.8 Å². The van der Waals surface area contributed by atoms with Crippen LogP contribution in [0.25, 0.3) is 0 Å². The lowest BCUT2D eigenvalue weighted by molar-refractivity contribution is 0.0278. The van der Waals surface area contributed by atoms with Gasteiger partial charge in [-0.25, -0.2) is 0 Å². The van der Waals surface area contributed by atoms with Crippen LogP contribution in [-0.4, -0.2) is 23.4 Å². The maximum atomic E-state index is 6.00. The van der Waals surface area contributed by atoms with Crippen LogP contribution in [-0.2, 0) is 24.2 Å². The summed E-state index contributed by atoms with van der Waals surface area (Å²) in [5.74, 6) is 0. The first-order valence-corrected chi connectivity index (χ1v) is 7.57. The van der Waals surface area contributed by atoms with Crippen LogP contribution in [0.2, 0.25) is 0 Å². The van der Waals surface area contributed by atoms with E-state index in [1.807, 2.05) is 7.05 Å².